The number of hydrogen-bond acceptors (Lipinski definition) is 3. The lowest BCUT2D eigenvalue weighted by Gasteiger charge is -2.27. The van der Waals surface area contributed by atoms with Crippen molar-refractivity contribution >= 4 is 17.7 Å². The van der Waals surface area contributed by atoms with E-state index >= 15 is 0 Å². The summed E-state index contributed by atoms with van der Waals surface area (Å²) in [4.78, 5) is 12.7. The molecule has 0 aromatic heterocycles. The Morgan fingerprint density at radius 2 is 2.50 bits per heavy atom. The highest BCUT2D eigenvalue weighted by molar-refractivity contribution is 7.99. The molecule has 1 heterocycles. The first-order valence-electron chi connectivity index (χ1n) is 4.23. The quantitative estimate of drug-likeness (QED) is 0.670. The van der Waals surface area contributed by atoms with Gasteiger partial charge in [-0.05, 0) is 0 Å². The molecule has 0 aromatic rings. The maximum atomic E-state index is 10.9. The van der Waals surface area contributed by atoms with Crippen LogP contribution < -0.4 is 5.32 Å². The Kier molecular flexibility index (Phi) is 3.88. The molecule has 0 spiro atoms. The lowest BCUT2D eigenvalue weighted by molar-refractivity contribution is -0.127. The molecule has 4 heteroatoms. The highest BCUT2D eigenvalue weighted by Gasteiger charge is 2.15. The van der Waals surface area contributed by atoms with Crippen LogP contribution in [0.15, 0.2) is 0 Å². The molecule has 3 nitrogen and oxygen atoms in total. The number of hydrogen-bond donors (Lipinski definition) is 1. The van der Waals surface area contributed by atoms with E-state index in [9.17, 15) is 4.79 Å². The number of carbonyl (C=O) groups excluding carboxylic acids is 1. The lowest BCUT2D eigenvalue weighted by atomic mass is 10.3. The van der Waals surface area contributed by atoms with Gasteiger partial charge in [-0.1, -0.05) is 0 Å². The summed E-state index contributed by atoms with van der Waals surface area (Å²) in [5.41, 5.74) is 0. The highest BCUT2D eigenvalue weighted by Crippen LogP contribution is 2.08. The lowest BCUT2D eigenvalue weighted by Crippen LogP contribution is -2.45. The Morgan fingerprint density at radius 3 is 3.00 bits per heavy atom. The maximum Gasteiger partial charge on any atom is 0.219 e. The van der Waals surface area contributed by atoms with Crippen LogP contribution >= 0.6 is 11.8 Å². The van der Waals surface area contributed by atoms with Gasteiger partial charge in [-0.2, -0.15) is 11.8 Å². The summed E-state index contributed by atoms with van der Waals surface area (Å²) in [6.45, 7) is 3.51. The molecule has 0 radical (unpaired) electrons. The van der Waals surface area contributed by atoms with Gasteiger partial charge in [-0.3, -0.25) is 4.79 Å². The number of likely N-dealkylation sites (N-methyl/N-ethyl adjacent to an activating group) is 1. The first-order chi connectivity index (χ1) is 5.70. The molecular formula is C8H16N2OS. The Hall–Kier alpha value is -0.220. The first kappa shape index (κ1) is 9.86. The fourth-order valence-corrected chi connectivity index (χ4v) is 2.13. The first-order valence-corrected chi connectivity index (χ1v) is 5.38. The minimum absolute atomic E-state index is 0.146. The Morgan fingerprint density at radius 1 is 1.75 bits per heavy atom. The van der Waals surface area contributed by atoms with E-state index in [1.807, 2.05) is 18.8 Å². The van der Waals surface area contributed by atoms with Crippen LogP contribution in [-0.2, 0) is 4.79 Å². The summed E-state index contributed by atoms with van der Waals surface area (Å²) in [5.74, 6) is 2.46. The van der Waals surface area contributed by atoms with Crippen molar-refractivity contribution < 1.29 is 4.79 Å². The van der Waals surface area contributed by atoms with Gasteiger partial charge in [-0.15, -0.1) is 0 Å². The zero-order valence-electron chi connectivity index (χ0n) is 7.67. The van der Waals surface area contributed by atoms with Crippen LogP contribution in [0.5, 0.6) is 0 Å². The van der Waals surface area contributed by atoms with Gasteiger partial charge in [0.05, 0.1) is 0 Å². The molecule has 1 saturated heterocycles. The number of rotatable bonds is 2. The molecule has 1 rings (SSSR count). The third-order valence-electron chi connectivity index (χ3n) is 2.03. The fourth-order valence-electron chi connectivity index (χ4n) is 1.20. The van der Waals surface area contributed by atoms with E-state index in [0.717, 1.165) is 18.8 Å². The Labute approximate surface area is 77.9 Å². The molecule has 0 bridgehead atoms. The van der Waals surface area contributed by atoms with Crippen LogP contribution in [0, 0.1) is 0 Å². The number of nitrogens with one attached hydrogen (secondary N) is 1. The SMILES string of the molecule is CC(=O)N(C)CC1CSCCN1. The van der Waals surface area contributed by atoms with Gasteiger partial charge < -0.3 is 10.2 Å². The summed E-state index contributed by atoms with van der Waals surface area (Å²) in [5, 5.41) is 3.39. The molecule has 12 heavy (non-hydrogen) atoms. The minimum atomic E-state index is 0.146. The van der Waals surface area contributed by atoms with Crippen molar-refractivity contribution in [1.29, 1.82) is 0 Å². The van der Waals surface area contributed by atoms with Crippen molar-refractivity contribution in [3.8, 4) is 0 Å². The summed E-state index contributed by atoms with van der Waals surface area (Å²) in [6.07, 6.45) is 0. The smallest absolute Gasteiger partial charge is 0.219 e. The van der Waals surface area contributed by atoms with Gasteiger partial charge in [0.2, 0.25) is 5.91 Å². The van der Waals surface area contributed by atoms with Gasteiger partial charge in [0.25, 0.3) is 0 Å². The molecule has 1 aliphatic heterocycles. The summed E-state index contributed by atoms with van der Waals surface area (Å²) >= 11 is 1.96. The van der Waals surface area contributed by atoms with Crippen molar-refractivity contribution in [3.05, 3.63) is 0 Å². The van der Waals surface area contributed by atoms with Crippen molar-refractivity contribution in [3.63, 3.8) is 0 Å². The van der Waals surface area contributed by atoms with E-state index in [-0.39, 0.29) is 5.91 Å². The van der Waals surface area contributed by atoms with Crippen LogP contribution in [0.2, 0.25) is 0 Å². The third kappa shape index (κ3) is 3.03. The van der Waals surface area contributed by atoms with Gasteiger partial charge in [0.15, 0.2) is 0 Å². The average Bonchev–Trinajstić information content (AvgIpc) is 2.06. The van der Waals surface area contributed by atoms with E-state index in [1.54, 1.807) is 11.8 Å². The third-order valence-corrected chi connectivity index (χ3v) is 3.16. The maximum absolute atomic E-state index is 10.9. The number of thioether (sulfide) groups is 1. The number of carbonyl (C=O) groups is 1. The summed E-state index contributed by atoms with van der Waals surface area (Å²) < 4.78 is 0. The van der Waals surface area contributed by atoms with E-state index in [0.29, 0.717) is 6.04 Å². The molecule has 1 unspecified atom stereocenters. The molecule has 0 aliphatic carbocycles. The molecule has 1 amide bonds. The van der Waals surface area contributed by atoms with Crippen LogP contribution in [0.3, 0.4) is 0 Å². The van der Waals surface area contributed by atoms with Gasteiger partial charge >= 0.3 is 0 Å². The zero-order chi connectivity index (χ0) is 8.97. The second-order valence-corrected chi connectivity index (χ2v) is 4.28. The van der Waals surface area contributed by atoms with Crippen LogP contribution in [-0.4, -0.2) is 48.5 Å². The average molecular weight is 188 g/mol. The second kappa shape index (κ2) is 4.72. The second-order valence-electron chi connectivity index (χ2n) is 3.13. The fraction of sp³-hybridized carbons (Fsp3) is 0.875. The zero-order valence-corrected chi connectivity index (χ0v) is 8.49. The van der Waals surface area contributed by atoms with E-state index < -0.39 is 0 Å². The topological polar surface area (TPSA) is 32.3 Å². The van der Waals surface area contributed by atoms with E-state index in [2.05, 4.69) is 5.32 Å². The molecule has 0 aromatic carbocycles. The van der Waals surface area contributed by atoms with Crippen LogP contribution in [0.4, 0.5) is 0 Å². The van der Waals surface area contributed by atoms with E-state index in [4.69, 9.17) is 0 Å². The van der Waals surface area contributed by atoms with Gasteiger partial charge in [-0.25, -0.2) is 0 Å². The highest BCUT2D eigenvalue weighted by atomic mass is 32.2. The minimum Gasteiger partial charge on any atom is -0.344 e. The van der Waals surface area contributed by atoms with Crippen LogP contribution in [0.25, 0.3) is 0 Å². The molecule has 1 fully saturated rings. The molecule has 70 valence electrons. The Bertz CT molecular complexity index is 157. The monoisotopic (exact) mass is 188 g/mol. The van der Waals surface area contributed by atoms with Gasteiger partial charge in [0.1, 0.15) is 0 Å². The summed E-state index contributed by atoms with van der Waals surface area (Å²) in [7, 11) is 1.85. The molecule has 1 atom stereocenters. The molecular weight excluding hydrogens is 172 g/mol. The predicted octanol–water partition coefficient (Wildman–Crippen LogP) is 0.170. The standard InChI is InChI=1S/C8H16N2OS/c1-7(11)10(2)5-8-6-12-4-3-9-8/h8-9H,3-6H2,1-2H3. The van der Waals surface area contributed by atoms with Crippen molar-refractivity contribution in [2.75, 3.05) is 31.6 Å². The van der Waals surface area contributed by atoms with Crippen molar-refractivity contribution in [1.82, 2.24) is 10.2 Å². The molecule has 1 N–H and O–H groups in total. The van der Waals surface area contributed by atoms with Crippen molar-refractivity contribution in [2.45, 2.75) is 13.0 Å². The van der Waals surface area contributed by atoms with Gasteiger partial charge in [0, 0.05) is 44.6 Å². The van der Waals surface area contributed by atoms with E-state index in [1.165, 1.54) is 5.75 Å². The predicted molar refractivity (Wildman–Crippen MR) is 52.4 cm³/mol. The van der Waals surface area contributed by atoms with Crippen LogP contribution in [0.1, 0.15) is 6.92 Å². The summed E-state index contributed by atoms with van der Waals surface area (Å²) in [6, 6.07) is 0.484. The molecule has 0 saturated carbocycles. The Balaban J connectivity index is 2.24. The number of amides is 1. The number of nitrogens with zero attached hydrogens (tertiary/aromatic N) is 1. The van der Waals surface area contributed by atoms with Crippen molar-refractivity contribution in [2.24, 2.45) is 0 Å². The normalized spacial score (nSPS) is 23.7. The largest absolute Gasteiger partial charge is 0.344 e. The molecule has 1 aliphatic rings.